The van der Waals surface area contributed by atoms with Gasteiger partial charge in [0.2, 0.25) is 0 Å². The van der Waals surface area contributed by atoms with Crippen molar-refractivity contribution in [2.24, 2.45) is 0 Å². The lowest BCUT2D eigenvalue weighted by atomic mass is 10.0. The number of benzene rings is 1. The molecule has 1 saturated heterocycles. The molecule has 2 rings (SSSR count). The average molecular weight is 263 g/mol. The van der Waals surface area contributed by atoms with Gasteiger partial charge in [0, 0.05) is 24.5 Å². The highest BCUT2D eigenvalue weighted by atomic mass is 16.4. The molecule has 5 heteroatoms. The number of carboxylic acid groups (broad SMARTS) is 1. The third-order valence-corrected chi connectivity index (χ3v) is 3.91. The van der Waals surface area contributed by atoms with Crippen LogP contribution in [0.4, 0.5) is 11.4 Å². The number of piperidine rings is 1. The summed E-state index contributed by atoms with van der Waals surface area (Å²) in [5.41, 5.74) is 7.09. The van der Waals surface area contributed by atoms with E-state index >= 15 is 0 Å². The van der Waals surface area contributed by atoms with E-state index in [0.29, 0.717) is 11.7 Å². The lowest BCUT2D eigenvalue weighted by Gasteiger charge is -2.36. The van der Waals surface area contributed by atoms with E-state index in [2.05, 4.69) is 16.8 Å². The standard InChI is InChI=1S/C14H21N3O2/c1-16-7-5-10(6-8-16)17(2)11-3-4-13(15)12(9-11)14(18)19/h3-4,9-10H,5-8,15H2,1-2H3,(H,18,19). The molecule has 3 N–H and O–H groups in total. The van der Waals surface area contributed by atoms with Crippen LogP contribution >= 0.6 is 0 Å². The van der Waals surface area contributed by atoms with Gasteiger partial charge in [-0.25, -0.2) is 4.79 Å². The number of nitrogens with zero attached hydrogens (tertiary/aromatic N) is 2. The second-order valence-electron chi connectivity index (χ2n) is 5.22. The average Bonchev–Trinajstić information content (AvgIpc) is 2.39. The number of aromatic carboxylic acids is 1. The molecule has 5 nitrogen and oxygen atoms in total. The first-order valence-corrected chi connectivity index (χ1v) is 6.53. The Morgan fingerprint density at radius 3 is 2.63 bits per heavy atom. The van der Waals surface area contributed by atoms with Gasteiger partial charge >= 0.3 is 5.97 Å². The number of likely N-dealkylation sites (tertiary alicyclic amines) is 1. The number of carbonyl (C=O) groups is 1. The third kappa shape index (κ3) is 2.98. The molecule has 104 valence electrons. The highest BCUT2D eigenvalue weighted by molar-refractivity contribution is 5.94. The number of rotatable bonds is 3. The van der Waals surface area contributed by atoms with Crippen LogP contribution in [0.5, 0.6) is 0 Å². The molecule has 1 fully saturated rings. The van der Waals surface area contributed by atoms with E-state index in [4.69, 9.17) is 10.8 Å². The molecule has 0 bridgehead atoms. The topological polar surface area (TPSA) is 69.8 Å². The molecule has 0 saturated carbocycles. The van der Waals surface area contributed by atoms with E-state index in [9.17, 15) is 4.79 Å². The Morgan fingerprint density at radius 1 is 1.42 bits per heavy atom. The van der Waals surface area contributed by atoms with Gasteiger partial charge in [0.15, 0.2) is 0 Å². The van der Waals surface area contributed by atoms with Crippen LogP contribution in [-0.2, 0) is 0 Å². The Bertz CT molecular complexity index is 468. The van der Waals surface area contributed by atoms with Crippen LogP contribution in [0.25, 0.3) is 0 Å². The highest BCUT2D eigenvalue weighted by Crippen LogP contribution is 2.25. The fraction of sp³-hybridized carbons (Fsp3) is 0.500. The number of hydrogen-bond donors (Lipinski definition) is 2. The summed E-state index contributed by atoms with van der Waals surface area (Å²) in [6, 6.07) is 5.68. The van der Waals surface area contributed by atoms with Crippen LogP contribution in [-0.4, -0.2) is 49.2 Å². The molecule has 0 amide bonds. The molecule has 1 heterocycles. The molecule has 19 heavy (non-hydrogen) atoms. The smallest absolute Gasteiger partial charge is 0.337 e. The zero-order chi connectivity index (χ0) is 14.0. The minimum absolute atomic E-state index is 0.178. The second kappa shape index (κ2) is 5.48. The summed E-state index contributed by atoms with van der Waals surface area (Å²) >= 11 is 0. The maximum absolute atomic E-state index is 11.1. The van der Waals surface area contributed by atoms with Gasteiger partial charge < -0.3 is 20.6 Å². The van der Waals surface area contributed by atoms with Gasteiger partial charge in [-0.15, -0.1) is 0 Å². The van der Waals surface area contributed by atoms with E-state index in [-0.39, 0.29) is 5.56 Å². The van der Waals surface area contributed by atoms with Gasteiger partial charge in [0.25, 0.3) is 0 Å². The van der Waals surface area contributed by atoms with Gasteiger partial charge in [-0.1, -0.05) is 0 Å². The number of carboxylic acids is 1. The monoisotopic (exact) mass is 263 g/mol. The number of nitrogens with two attached hydrogens (primary N) is 1. The molecule has 0 aromatic heterocycles. The Morgan fingerprint density at radius 2 is 2.05 bits per heavy atom. The molecule has 0 aliphatic carbocycles. The first-order chi connectivity index (χ1) is 8.99. The Labute approximate surface area is 113 Å². The first kappa shape index (κ1) is 13.7. The van der Waals surface area contributed by atoms with Crippen molar-refractivity contribution in [1.82, 2.24) is 4.90 Å². The summed E-state index contributed by atoms with van der Waals surface area (Å²) in [4.78, 5) is 15.6. The molecule has 1 aliphatic rings. The van der Waals surface area contributed by atoms with Crippen LogP contribution in [0.3, 0.4) is 0 Å². The summed E-state index contributed by atoms with van der Waals surface area (Å²) in [6.45, 7) is 2.16. The van der Waals surface area contributed by atoms with Gasteiger partial charge in [0.1, 0.15) is 0 Å². The van der Waals surface area contributed by atoms with Crippen LogP contribution < -0.4 is 10.6 Å². The van der Waals surface area contributed by atoms with Gasteiger partial charge in [-0.3, -0.25) is 0 Å². The van der Waals surface area contributed by atoms with E-state index in [1.807, 2.05) is 13.1 Å². The van der Waals surface area contributed by atoms with Crippen molar-refractivity contribution in [3.63, 3.8) is 0 Å². The predicted molar refractivity (Wildman–Crippen MR) is 76.7 cm³/mol. The molecular weight excluding hydrogens is 242 g/mol. The van der Waals surface area contributed by atoms with E-state index in [1.54, 1.807) is 12.1 Å². The number of nitrogen functional groups attached to an aromatic ring is 1. The van der Waals surface area contributed by atoms with Crippen molar-refractivity contribution < 1.29 is 9.90 Å². The van der Waals surface area contributed by atoms with Crippen LogP contribution in [0.15, 0.2) is 18.2 Å². The number of hydrogen-bond acceptors (Lipinski definition) is 4. The molecule has 1 aromatic rings. The minimum atomic E-state index is -0.976. The lowest BCUT2D eigenvalue weighted by molar-refractivity contribution is 0.0698. The SMILES string of the molecule is CN1CCC(N(C)c2ccc(N)c(C(=O)O)c2)CC1. The highest BCUT2D eigenvalue weighted by Gasteiger charge is 2.21. The molecular formula is C14H21N3O2. The molecule has 0 radical (unpaired) electrons. The molecule has 0 unspecified atom stereocenters. The van der Waals surface area contributed by atoms with Crippen LogP contribution in [0, 0.1) is 0 Å². The normalized spacial score (nSPS) is 17.4. The maximum atomic E-state index is 11.1. The fourth-order valence-corrected chi connectivity index (χ4v) is 2.54. The largest absolute Gasteiger partial charge is 0.478 e. The van der Waals surface area contributed by atoms with E-state index in [0.717, 1.165) is 31.6 Å². The van der Waals surface area contributed by atoms with E-state index in [1.165, 1.54) is 0 Å². The van der Waals surface area contributed by atoms with Crippen LogP contribution in [0.1, 0.15) is 23.2 Å². The Kier molecular flexibility index (Phi) is 3.95. The van der Waals surface area contributed by atoms with Gasteiger partial charge in [-0.05, 0) is 51.2 Å². The van der Waals surface area contributed by atoms with Crippen LogP contribution in [0.2, 0.25) is 0 Å². The zero-order valence-electron chi connectivity index (χ0n) is 11.5. The lowest BCUT2D eigenvalue weighted by Crippen LogP contribution is -2.42. The summed E-state index contributed by atoms with van der Waals surface area (Å²) in [6.07, 6.45) is 2.19. The van der Waals surface area contributed by atoms with Gasteiger partial charge in [-0.2, -0.15) is 0 Å². The van der Waals surface area contributed by atoms with Crippen molar-refractivity contribution in [2.45, 2.75) is 18.9 Å². The minimum Gasteiger partial charge on any atom is -0.478 e. The van der Waals surface area contributed by atoms with Gasteiger partial charge in [0.05, 0.1) is 5.56 Å². The second-order valence-corrected chi connectivity index (χ2v) is 5.22. The van der Waals surface area contributed by atoms with Crippen molar-refractivity contribution in [3.8, 4) is 0 Å². The summed E-state index contributed by atoms with van der Waals surface area (Å²) in [5.74, 6) is -0.976. The Hall–Kier alpha value is -1.75. The summed E-state index contributed by atoms with van der Waals surface area (Å²) < 4.78 is 0. The molecule has 0 atom stereocenters. The first-order valence-electron chi connectivity index (χ1n) is 6.53. The number of anilines is 2. The van der Waals surface area contributed by atoms with Crippen molar-refractivity contribution in [2.75, 3.05) is 37.8 Å². The summed E-state index contributed by atoms with van der Waals surface area (Å²) in [7, 11) is 4.15. The van der Waals surface area contributed by atoms with Crippen molar-refractivity contribution in [3.05, 3.63) is 23.8 Å². The van der Waals surface area contributed by atoms with Crippen molar-refractivity contribution in [1.29, 1.82) is 0 Å². The molecule has 1 aromatic carbocycles. The summed E-state index contributed by atoms with van der Waals surface area (Å²) in [5, 5.41) is 9.11. The third-order valence-electron chi connectivity index (χ3n) is 3.91. The Balaban J connectivity index is 2.17. The van der Waals surface area contributed by atoms with E-state index < -0.39 is 5.97 Å². The quantitative estimate of drug-likeness (QED) is 0.809. The molecule has 1 aliphatic heterocycles. The fourth-order valence-electron chi connectivity index (χ4n) is 2.54. The van der Waals surface area contributed by atoms with Crippen molar-refractivity contribution >= 4 is 17.3 Å². The zero-order valence-corrected chi connectivity index (χ0v) is 11.5. The molecule has 0 spiro atoms. The maximum Gasteiger partial charge on any atom is 0.337 e. The predicted octanol–water partition coefficient (Wildman–Crippen LogP) is 1.50.